The molecule has 33 heavy (non-hydrogen) atoms. The molecule has 8 heteroatoms. The van der Waals surface area contributed by atoms with Crippen LogP contribution in [0.5, 0.6) is 0 Å². The number of aromatic nitrogens is 3. The van der Waals surface area contributed by atoms with Gasteiger partial charge in [-0.3, -0.25) is 14.6 Å². The second-order valence-corrected chi connectivity index (χ2v) is 7.15. The first kappa shape index (κ1) is 21.6. The van der Waals surface area contributed by atoms with E-state index in [1.807, 2.05) is 48.7 Å². The zero-order chi connectivity index (χ0) is 23.2. The fourth-order valence-electron chi connectivity index (χ4n) is 3.19. The molecule has 0 saturated heterocycles. The van der Waals surface area contributed by atoms with Crippen LogP contribution in [0.3, 0.4) is 0 Å². The lowest BCUT2D eigenvalue weighted by Gasteiger charge is -2.07. The summed E-state index contributed by atoms with van der Waals surface area (Å²) >= 11 is 0. The summed E-state index contributed by atoms with van der Waals surface area (Å²) in [6.45, 7) is 1.28. The lowest BCUT2D eigenvalue weighted by atomic mass is 10.1. The van der Waals surface area contributed by atoms with E-state index < -0.39 is 17.6 Å². The van der Waals surface area contributed by atoms with E-state index in [0.717, 1.165) is 16.8 Å². The van der Waals surface area contributed by atoms with Crippen molar-refractivity contribution < 1.29 is 14.0 Å². The first-order valence-corrected chi connectivity index (χ1v) is 10.1. The molecule has 0 unspecified atom stereocenters. The molecular formula is C25H20FN5O2. The maximum Gasteiger partial charge on any atom is 0.248 e. The van der Waals surface area contributed by atoms with Crippen LogP contribution in [0.15, 0.2) is 85.3 Å². The van der Waals surface area contributed by atoms with Crippen molar-refractivity contribution in [2.24, 2.45) is 0 Å². The Balaban J connectivity index is 1.59. The van der Waals surface area contributed by atoms with Gasteiger partial charge in [0.15, 0.2) is 0 Å². The average molecular weight is 441 g/mol. The summed E-state index contributed by atoms with van der Waals surface area (Å²) in [5.74, 6) is -1.41. The fraction of sp³-hybridized carbons (Fsp3) is 0.0400. The number of para-hydroxylation sites is 1. The topological polar surface area (TPSA) is 88.9 Å². The summed E-state index contributed by atoms with van der Waals surface area (Å²) in [6.07, 6.45) is 8.24. The minimum Gasteiger partial charge on any atom is -0.324 e. The molecule has 4 rings (SSSR count). The first-order chi connectivity index (χ1) is 16.0. The predicted octanol–water partition coefficient (Wildman–Crippen LogP) is 4.68. The van der Waals surface area contributed by atoms with Crippen molar-refractivity contribution in [3.8, 4) is 16.9 Å². The van der Waals surface area contributed by atoms with Crippen LogP contribution in [0.2, 0.25) is 0 Å². The van der Waals surface area contributed by atoms with Crippen LogP contribution in [-0.2, 0) is 9.59 Å². The van der Waals surface area contributed by atoms with Gasteiger partial charge in [0.25, 0.3) is 0 Å². The summed E-state index contributed by atoms with van der Waals surface area (Å²) in [5.41, 5.74) is 3.43. The molecule has 0 aliphatic heterocycles. The zero-order valence-electron chi connectivity index (χ0n) is 17.7. The van der Waals surface area contributed by atoms with Crippen molar-refractivity contribution in [1.29, 1.82) is 0 Å². The Labute approximate surface area is 189 Å². The van der Waals surface area contributed by atoms with E-state index >= 15 is 0 Å². The number of halogens is 1. The number of rotatable bonds is 6. The average Bonchev–Trinajstić information content (AvgIpc) is 3.25. The maximum absolute atomic E-state index is 13.8. The monoisotopic (exact) mass is 441 g/mol. The molecule has 2 heterocycles. The smallest absolute Gasteiger partial charge is 0.248 e. The van der Waals surface area contributed by atoms with E-state index in [-0.39, 0.29) is 5.69 Å². The zero-order valence-corrected chi connectivity index (χ0v) is 17.7. The Morgan fingerprint density at radius 3 is 2.58 bits per heavy atom. The van der Waals surface area contributed by atoms with Gasteiger partial charge in [-0.2, -0.15) is 5.10 Å². The van der Waals surface area contributed by atoms with Gasteiger partial charge in [-0.05, 0) is 48.5 Å². The van der Waals surface area contributed by atoms with Gasteiger partial charge in [-0.15, -0.1) is 0 Å². The quantitative estimate of drug-likeness (QED) is 0.425. The maximum atomic E-state index is 13.8. The minimum absolute atomic E-state index is 0.00715. The molecule has 0 bridgehead atoms. The van der Waals surface area contributed by atoms with Crippen molar-refractivity contribution in [1.82, 2.24) is 14.8 Å². The molecule has 4 aromatic rings. The number of hydrogen-bond donors (Lipinski definition) is 2. The molecule has 0 aliphatic carbocycles. The van der Waals surface area contributed by atoms with Gasteiger partial charge in [0.2, 0.25) is 11.8 Å². The molecule has 2 aromatic carbocycles. The molecule has 2 aromatic heterocycles. The van der Waals surface area contributed by atoms with Crippen molar-refractivity contribution in [3.05, 3.63) is 96.7 Å². The van der Waals surface area contributed by atoms with Gasteiger partial charge in [0.1, 0.15) is 11.5 Å². The summed E-state index contributed by atoms with van der Waals surface area (Å²) in [7, 11) is 0. The molecule has 7 nitrogen and oxygen atoms in total. The number of amides is 2. The molecule has 2 amide bonds. The van der Waals surface area contributed by atoms with Crippen LogP contribution in [0.25, 0.3) is 23.0 Å². The number of carbonyl (C=O) groups is 2. The highest BCUT2D eigenvalue weighted by atomic mass is 19.1. The van der Waals surface area contributed by atoms with Crippen LogP contribution in [0, 0.1) is 5.82 Å². The minimum atomic E-state index is -0.590. The summed E-state index contributed by atoms with van der Waals surface area (Å²) in [5, 5.41) is 9.73. The molecule has 2 N–H and O–H groups in total. The molecule has 0 spiro atoms. The SMILES string of the molecule is CC(=O)Nc1cc(NC(=O)/C=C/c2cn(-c3ccccc3)nc2-c2cccnc2)ccc1F. The van der Waals surface area contributed by atoms with Crippen molar-refractivity contribution in [2.45, 2.75) is 6.92 Å². The second kappa shape index (κ2) is 9.69. The van der Waals surface area contributed by atoms with Crippen molar-refractivity contribution in [2.75, 3.05) is 10.6 Å². The van der Waals surface area contributed by atoms with Gasteiger partial charge in [0, 0.05) is 48.4 Å². The van der Waals surface area contributed by atoms with Crippen molar-refractivity contribution in [3.63, 3.8) is 0 Å². The summed E-state index contributed by atoms with van der Waals surface area (Å²) in [6, 6.07) is 17.3. The summed E-state index contributed by atoms with van der Waals surface area (Å²) < 4.78 is 15.6. The van der Waals surface area contributed by atoms with E-state index in [0.29, 0.717) is 11.4 Å². The molecule has 164 valence electrons. The molecule has 0 fully saturated rings. The highest BCUT2D eigenvalue weighted by Crippen LogP contribution is 2.24. The predicted molar refractivity (Wildman–Crippen MR) is 125 cm³/mol. The molecule has 0 aliphatic rings. The van der Waals surface area contributed by atoms with Crippen LogP contribution in [0.4, 0.5) is 15.8 Å². The van der Waals surface area contributed by atoms with Crippen LogP contribution < -0.4 is 10.6 Å². The second-order valence-electron chi connectivity index (χ2n) is 7.15. The Morgan fingerprint density at radius 2 is 1.85 bits per heavy atom. The van der Waals surface area contributed by atoms with E-state index in [4.69, 9.17) is 0 Å². The van der Waals surface area contributed by atoms with Crippen LogP contribution in [0.1, 0.15) is 12.5 Å². The van der Waals surface area contributed by atoms with E-state index in [9.17, 15) is 14.0 Å². The Hall–Kier alpha value is -4.59. The van der Waals surface area contributed by atoms with E-state index in [1.165, 1.54) is 31.2 Å². The first-order valence-electron chi connectivity index (χ1n) is 10.1. The van der Waals surface area contributed by atoms with Gasteiger partial charge < -0.3 is 10.6 Å². The van der Waals surface area contributed by atoms with Crippen LogP contribution >= 0.6 is 0 Å². The number of anilines is 2. The van der Waals surface area contributed by atoms with Gasteiger partial charge in [-0.1, -0.05) is 18.2 Å². The lowest BCUT2D eigenvalue weighted by molar-refractivity contribution is -0.114. The Kier molecular flexibility index (Phi) is 6.36. The standard InChI is InChI=1S/C25H20FN5O2/c1-17(32)28-23-14-20(10-11-22(23)26)29-24(33)12-9-19-16-31(21-7-3-2-4-8-21)30-25(19)18-6-5-13-27-15-18/h2-16H,1H3,(H,28,32)(H,29,33)/b12-9+. The van der Waals surface area contributed by atoms with E-state index in [2.05, 4.69) is 20.7 Å². The molecule has 0 saturated carbocycles. The Bertz CT molecular complexity index is 1320. The third-order valence-corrected chi connectivity index (χ3v) is 4.66. The number of benzene rings is 2. The van der Waals surface area contributed by atoms with Crippen LogP contribution in [-0.4, -0.2) is 26.6 Å². The fourth-order valence-corrected chi connectivity index (χ4v) is 3.19. The largest absolute Gasteiger partial charge is 0.324 e. The molecule has 0 atom stereocenters. The van der Waals surface area contributed by atoms with Crippen molar-refractivity contribution >= 4 is 29.3 Å². The van der Waals surface area contributed by atoms with Gasteiger partial charge >= 0.3 is 0 Å². The highest BCUT2D eigenvalue weighted by Gasteiger charge is 2.11. The van der Waals surface area contributed by atoms with E-state index in [1.54, 1.807) is 23.2 Å². The third-order valence-electron chi connectivity index (χ3n) is 4.66. The number of carbonyl (C=O) groups excluding carboxylic acids is 2. The number of nitrogens with one attached hydrogen (secondary N) is 2. The Morgan fingerprint density at radius 1 is 1.03 bits per heavy atom. The normalized spacial score (nSPS) is 10.8. The summed E-state index contributed by atoms with van der Waals surface area (Å²) in [4.78, 5) is 27.9. The van der Waals surface area contributed by atoms with Gasteiger partial charge in [-0.25, -0.2) is 9.07 Å². The van der Waals surface area contributed by atoms with Gasteiger partial charge in [0.05, 0.1) is 11.4 Å². The molecule has 0 radical (unpaired) electrons. The number of pyridine rings is 1. The third kappa shape index (κ3) is 5.37. The lowest BCUT2D eigenvalue weighted by Crippen LogP contribution is -2.10. The number of hydrogen-bond acceptors (Lipinski definition) is 4. The number of nitrogens with zero attached hydrogens (tertiary/aromatic N) is 3. The highest BCUT2D eigenvalue weighted by molar-refractivity contribution is 6.03. The molecular weight excluding hydrogens is 421 g/mol.